The molecule has 0 saturated heterocycles. The van der Waals surface area contributed by atoms with Crippen LogP contribution in [-0.4, -0.2) is 24.7 Å². The lowest BCUT2D eigenvalue weighted by atomic mass is 10.00. The number of hydrogen-bond donors (Lipinski definition) is 2. The highest BCUT2D eigenvalue weighted by atomic mass is 35.5. The Hall–Kier alpha value is -2.04. The Morgan fingerprint density at radius 3 is 2.26 bits per heavy atom. The van der Waals surface area contributed by atoms with E-state index >= 15 is 0 Å². The first-order valence-corrected chi connectivity index (χ1v) is 7.74. The number of aliphatic hydroxyl groups excluding tert-OH is 1. The minimum Gasteiger partial charge on any atom is -0.497 e. The van der Waals surface area contributed by atoms with Gasteiger partial charge in [0.25, 0.3) is 0 Å². The van der Waals surface area contributed by atoms with Crippen LogP contribution in [0.5, 0.6) is 5.75 Å². The molecule has 122 valence electrons. The average molecular weight is 334 g/mol. The summed E-state index contributed by atoms with van der Waals surface area (Å²) in [4.78, 5) is 12.2. The van der Waals surface area contributed by atoms with Crippen LogP contribution < -0.4 is 10.1 Å². The number of aliphatic hydroxyl groups is 1. The maximum absolute atomic E-state index is 12.2. The second-order valence-corrected chi connectivity index (χ2v) is 5.74. The van der Waals surface area contributed by atoms with Crippen molar-refractivity contribution in [3.63, 3.8) is 0 Å². The molecule has 0 fully saturated rings. The fourth-order valence-corrected chi connectivity index (χ4v) is 2.32. The third-order valence-electron chi connectivity index (χ3n) is 3.73. The van der Waals surface area contributed by atoms with Crippen molar-refractivity contribution >= 4 is 17.5 Å². The number of benzene rings is 2. The van der Waals surface area contributed by atoms with Gasteiger partial charge in [-0.2, -0.15) is 0 Å². The number of carbonyl (C=O) groups excluding carboxylic acids is 1. The number of amides is 1. The van der Waals surface area contributed by atoms with Crippen LogP contribution >= 0.6 is 11.6 Å². The Balaban J connectivity index is 1.91. The Bertz CT molecular complexity index is 640. The van der Waals surface area contributed by atoms with E-state index in [0.717, 1.165) is 11.3 Å². The van der Waals surface area contributed by atoms with Gasteiger partial charge >= 0.3 is 0 Å². The summed E-state index contributed by atoms with van der Waals surface area (Å²) in [5, 5.41) is 13.5. The maximum Gasteiger partial charge on any atom is 0.227 e. The van der Waals surface area contributed by atoms with Gasteiger partial charge < -0.3 is 15.2 Å². The predicted molar refractivity (Wildman–Crippen MR) is 90.8 cm³/mol. The first-order valence-electron chi connectivity index (χ1n) is 7.36. The van der Waals surface area contributed by atoms with Crippen molar-refractivity contribution in [2.45, 2.75) is 18.9 Å². The molecular formula is C18H20ClNO3. The predicted octanol–water partition coefficient (Wildman–Crippen LogP) is 3.30. The Kier molecular flexibility index (Phi) is 6.02. The van der Waals surface area contributed by atoms with Gasteiger partial charge in [-0.25, -0.2) is 0 Å². The van der Waals surface area contributed by atoms with Gasteiger partial charge in [-0.3, -0.25) is 4.79 Å². The lowest BCUT2D eigenvalue weighted by Gasteiger charge is -2.16. The average Bonchev–Trinajstić information content (AvgIpc) is 2.59. The number of halogens is 1. The van der Waals surface area contributed by atoms with E-state index in [2.05, 4.69) is 5.32 Å². The largest absolute Gasteiger partial charge is 0.497 e. The van der Waals surface area contributed by atoms with Crippen molar-refractivity contribution in [3.8, 4) is 5.75 Å². The highest BCUT2D eigenvalue weighted by Crippen LogP contribution is 2.20. The summed E-state index contributed by atoms with van der Waals surface area (Å²) in [5.41, 5.74) is 1.61. The molecule has 2 unspecified atom stereocenters. The normalized spacial score (nSPS) is 13.2. The van der Waals surface area contributed by atoms with Gasteiger partial charge in [0.05, 0.1) is 19.1 Å². The molecule has 23 heavy (non-hydrogen) atoms. The first kappa shape index (κ1) is 17.3. The number of rotatable bonds is 6. The van der Waals surface area contributed by atoms with E-state index in [1.807, 2.05) is 31.2 Å². The second-order valence-electron chi connectivity index (χ2n) is 5.31. The van der Waals surface area contributed by atoms with Crippen LogP contribution in [0.4, 0.5) is 0 Å². The van der Waals surface area contributed by atoms with Crippen LogP contribution in [0.1, 0.15) is 30.1 Å². The van der Waals surface area contributed by atoms with Crippen molar-refractivity contribution < 1.29 is 14.6 Å². The molecular weight excluding hydrogens is 314 g/mol. The molecule has 0 aromatic heterocycles. The van der Waals surface area contributed by atoms with Gasteiger partial charge in [-0.15, -0.1) is 0 Å². The zero-order valence-electron chi connectivity index (χ0n) is 13.1. The summed E-state index contributed by atoms with van der Waals surface area (Å²) in [7, 11) is 1.60. The van der Waals surface area contributed by atoms with Gasteiger partial charge in [0.15, 0.2) is 0 Å². The zero-order chi connectivity index (χ0) is 16.8. The van der Waals surface area contributed by atoms with Crippen molar-refractivity contribution in [2.24, 2.45) is 0 Å². The second kappa shape index (κ2) is 7.99. The van der Waals surface area contributed by atoms with Crippen molar-refractivity contribution in [3.05, 3.63) is 64.7 Å². The van der Waals surface area contributed by atoms with Gasteiger partial charge in [0.2, 0.25) is 5.91 Å². The van der Waals surface area contributed by atoms with Gasteiger partial charge in [-0.1, -0.05) is 35.9 Å². The molecule has 0 heterocycles. The van der Waals surface area contributed by atoms with E-state index in [1.54, 1.807) is 31.4 Å². The Morgan fingerprint density at radius 1 is 1.13 bits per heavy atom. The molecule has 2 aromatic rings. The van der Waals surface area contributed by atoms with E-state index in [1.165, 1.54) is 0 Å². The number of nitrogens with one attached hydrogen (secondary N) is 1. The van der Waals surface area contributed by atoms with Gasteiger partial charge in [-0.05, 0) is 42.3 Å². The summed E-state index contributed by atoms with van der Waals surface area (Å²) in [6.45, 7) is 1.98. The quantitative estimate of drug-likeness (QED) is 0.852. The third-order valence-corrected chi connectivity index (χ3v) is 3.99. The fourth-order valence-electron chi connectivity index (χ4n) is 2.20. The standard InChI is InChI=1S/C18H20ClNO3/c1-12(13-5-9-16(23-2)10-6-13)18(22)20-11-17(21)14-3-7-15(19)8-4-14/h3-10,12,17,21H,11H2,1-2H3,(H,20,22). The highest BCUT2D eigenvalue weighted by Gasteiger charge is 2.16. The highest BCUT2D eigenvalue weighted by molar-refractivity contribution is 6.30. The topological polar surface area (TPSA) is 58.6 Å². The molecule has 2 N–H and O–H groups in total. The zero-order valence-corrected chi connectivity index (χ0v) is 13.9. The molecule has 2 rings (SSSR count). The molecule has 0 aliphatic rings. The molecule has 1 amide bonds. The van der Waals surface area contributed by atoms with Crippen molar-refractivity contribution in [1.82, 2.24) is 5.32 Å². The van der Waals surface area contributed by atoms with Crippen molar-refractivity contribution in [2.75, 3.05) is 13.7 Å². The Labute approximate surface area is 141 Å². The summed E-state index contributed by atoms with van der Waals surface area (Å²) < 4.78 is 5.10. The molecule has 0 aliphatic carbocycles. The molecule has 4 nitrogen and oxygen atoms in total. The van der Waals surface area contributed by atoms with Crippen LogP contribution in [-0.2, 0) is 4.79 Å². The molecule has 2 aromatic carbocycles. The monoisotopic (exact) mass is 333 g/mol. The minimum absolute atomic E-state index is 0.136. The number of ether oxygens (including phenoxy) is 1. The SMILES string of the molecule is COc1ccc(C(C)C(=O)NCC(O)c2ccc(Cl)cc2)cc1. The van der Waals surface area contributed by atoms with Crippen molar-refractivity contribution in [1.29, 1.82) is 0 Å². The molecule has 5 heteroatoms. The summed E-state index contributed by atoms with van der Waals surface area (Å²) in [5.74, 6) is 0.307. The lowest BCUT2D eigenvalue weighted by Crippen LogP contribution is -2.31. The van der Waals surface area contributed by atoms with Crippen LogP contribution in [0.3, 0.4) is 0 Å². The molecule has 0 saturated carbocycles. The number of carbonyl (C=O) groups is 1. The molecule has 0 bridgehead atoms. The first-order chi connectivity index (χ1) is 11.0. The van der Waals surface area contributed by atoms with E-state index in [-0.39, 0.29) is 18.4 Å². The van der Waals surface area contributed by atoms with Crippen LogP contribution in [0, 0.1) is 0 Å². The molecule has 0 aliphatic heterocycles. The number of hydrogen-bond acceptors (Lipinski definition) is 3. The Morgan fingerprint density at radius 2 is 1.70 bits per heavy atom. The van der Waals surface area contributed by atoms with Crippen LogP contribution in [0.2, 0.25) is 5.02 Å². The van der Waals surface area contributed by atoms with Gasteiger partial charge in [0.1, 0.15) is 5.75 Å². The van der Waals surface area contributed by atoms with Gasteiger partial charge in [0, 0.05) is 11.6 Å². The van der Waals surface area contributed by atoms with E-state index in [9.17, 15) is 9.90 Å². The molecule has 0 spiro atoms. The smallest absolute Gasteiger partial charge is 0.227 e. The maximum atomic E-state index is 12.2. The molecule has 0 radical (unpaired) electrons. The van der Waals surface area contributed by atoms with E-state index < -0.39 is 6.10 Å². The molecule has 2 atom stereocenters. The third kappa shape index (κ3) is 4.71. The lowest BCUT2D eigenvalue weighted by molar-refractivity contribution is -0.122. The van der Waals surface area contributed by atoms with E-state index in [0.29, 0.717) is 10.6 Å². The fraction of sp³-hybridized carbons (Fsp3) is 0.278. The van der Waals surface area contributed by atoms with Crippen LogP contribution in [0.15, 0.2) is 48.5 Å². The minimum atomic E-state index is -0.765. The summed E-state index contributed by atoms with van der Waals surface area (Å²) >= 11 is 5.81. The van der Waals surface area contributed by atoms with E-state index in [4.69, 9.17) is 16.3 Å². The number of methoxy groups -OCH3 is 1. The summed E-state index contributed by atoms with van der Waals surface area (Å²) in [6.07, 6.45) is -0.765. The summed E-state index contributed by atoms with van der Waals surface area (Å²) in [6, 6.07) is 14.3. The van der Waals surface area contributed by atoms with Crippen LogP contribution in [0.25, 0.3) is 0 Å².